The fourth-order valence-corrected chi connectivity index (χ4v) is 1.44. The molecule has 0 aliphatic heterocycles. The Balaban J connectivity index is 2.02. The molecule has 1 fully saturated rings. The van der Waals surface area contributed by atoms with Gasteiger partial charge in [-0.25, -0.2) is 0 Å². The number of rotatable bonds is 6. The Hall–Kier alpha value is -0.0400. The molecule has 0 radical (unpaired) electrons. The Bertz CT molecular complexity index is 97.0. The van der Waals surface area contributed by atoms with Crippen LogP contribution in [0.5, 0.6) is 0 Å². The predicted octanol–water partition coefficient (Wildman–Crippen LogP) is 2.71. The summed E-state index contributed by atoms with van der Waals surface area (Å²) in [5.41, 5.74) is 0. The minimum absolute atomic E-state index is 0.808. The molecule has 0 saturated heterocycles. The van der Waals surface area contributed by atoms with Gasteiger partial charge in [0, 0.05) is 12.1 Å². The molecule has 1 aliphatic carbocycles. The lowest BCUT2D eigenvalue weighted by molar-refractivity contribution is 0.450. The number of nitrogens with one attached hydrogen (secondary N) is 1. The summed E-state index contributed by atoms with van der Waals surface area (Å²) in [4.78, 5) is 0. The predicted molar refractivity (Wildman–Crippen MR) is 49.8 cm³/mol. The molecule has 1 heteroatoms. The molecule has 0 heterocycles. The molecule has 11 heavy (non-hydrogen) atoms. The molecule has 1 unspecified atom stereocenters. The quantitative estimate of drug-likeness (QED) is 0.622. The van der Waals surface area contributed by atoms with Crippen molar-refractivity contribution in [2.45, 2.75) is 64.5 Å². The highest BCUT2D eigenvalue weighted by Crippen LogP contribution is 2.21. The van der Waals surface area contributed by atoms with Gasteiger partial charge in [-0.1, -0.05) is 26.7 Å². The SMILES string of the molecule is CCCCC(CC)NC1CC1. The number of unbranched alkanes of at least 4 members (excludes halogenated alkanes) is 1. The average Bonchev–Trinajstić information content (AvgIpc) is 2.81. The maximum absolute atomic E-state index is 3.68. The third-order valence-corrected chi connectivity index (χ3v) is 2.45. The summed E-state index contributed by atoms with van der Waals surface area (Å²) in [7, 11) is 0. The van der Waals surface area contributed by atoms with Crippen LogP contribution < -0.4 is 5.32 Å². The second kappa shape index (κ2) is 4.76. The van der Waals surface area contributed by atoms with Gasteiger partial charge in [0.05, 0.1) is 0 Å². The van der Waals surface area contributed by atoms with E-state index < -0.39 is 0 Å². The molecule has 0 spiro atoms. The van der Waals surface area contributed by atoms with Crippen LogP contribution in [0.1, 0.15) is 52.4 Å². The van der Waals surface area contributed by atoms with Gasteiger partial charge in [0.25, 0.3) is 0 Å². The molecule has 66 valence electrons. The van der Waals surface area contributed by atoms with E-state index in [0.717, 1.165) is 12.1 Å². The molecule has 0 amide bonds. The van der Waals surface area contributed by atoms with Crippen LogP contribution in [-0.4, -0.2) is 12.1 Å². The van der Waals surface area contributed by atoms with Crippen LogP contribution in [0.25, 0.3) is 0 Å². The van der Waals surface area contributed by atoms with Crippen molar-refractivity contribution in [2.75, 3.05) is 0 Å². The fraction of sp³-hybridized carbons (Fsp3) is 1.00. The Labute approximate surface area is 70.6 Å². The molecule has 0 aromatic rings. The van der Waals surface area contributed by atoms with E-state index in [1.54, 1.807) is 0 Å². The molecule has 1 N–H and O–H groups in total. The summed E-state index contributed by atoms with van der Waals surface area (Å²) in [6.45, 7) is 4.56. The van der Waals surface area contributed by atoms with Crippen LogP contribution in [0.15, 0.2) is 0 Å². The lowest BCUT2D eigenvalue weighted by Gasteiger charge is -2.15. The van der Waals surface area contributed by atoms with Crippen molar-refractivity contribution in [3.8, 4) is 0 Å². The summed E-state index contributed by atoms with van der Waals surface area (Å²) in [5.74, 6) is 0. The highest BCUT2D eigenvalue weighted by molar-refractivity contribution is 4.84. The normalized spacial score (nSPS) is 20.2. The molecule has 1 rings (SSSR count). The van der Waals surface area contributed by atoms with Gasteiger partial charge in [0.15, 0.2) is 0 Å². The van der Waals surface area contributed by atoms with Gasteiger partial charge in [-0.2, -0.15) is 0 Å². The fourth-order valence-electron chi connectivity index (χ4n) is 1.44. The topological polar surface area (TPSA) is 12.0 Å². The lowest BCUT2D eigenvalue weighted by atomic mass is 10.1. The first-order chi connectivity index (χ1) is 5.36. The van der Waals surface area contributed by atoms with Crippen molar-refractivity contribution in [1.82, 2.24) is 5.32 Å². The van der Waals surface area contributed by atoms with E-state index in [2.05, 4.69) is 19.2 Å². The summed E-state index contributed by atoms with van der Waals surface area (Å²) in [5, 5.41) is 3.68. The van der Waals surface area contributed by atoms with Gasteiger partial charge in [-0.3, -0.25) is 0 Å². The molecule has 0 aromatic carbocycles. The summed E-state index contributed by atoms with van der Waals surface area (Å²) in [6.07, 6.45) is 8.24. The Morgan fingerprint density at radius 3 is 2.55 bits per heavy atom. The molecule has 1 saturated carbocycles. The highest BCUT2D eigenvalue weighted by atomic mass is 15.0. The Morgan fingerprint density at radius 1 is 1.36 bits per heavy atom. The molecule has 0 aromatic heterocycles. The number of hydrogen-bond donors (Lipinski definition) is 1. The van der Waals surface area contributed by atoms with E-state index in [0.29, 0.717) is 0 Å². The van der Waals surface area contributed by atoms with Crippen molar-refractivity contribution >= 4 is 0 Å². The zero-order valence-corrected chi connectivity index (χ0v) is 7.90. The Kier molecular flexibility index (Phi) is 3.92. The van der Waals surface area contributed by atoms with Crippen molar-refractivity contribution in [2.24, 2.45) is 0 Å². The smallest absolute Gasteiger partial charge is 0.00708 e. The van der Waals surface area contributed by atoms with Crippen molar-refractivity contribution in [3.05, 3.63) is 0 Å². The van der Waals surface area contributed by atoms with Crippen LogP contribution in [0, 0.1) is 0 Å². The van der Waals surface area contributed by atoms with E-state index in [1.807, 2.05) is 0 Å². The van der Waals surface area contributed by atoms with E-state index in [1.165, 1.54) is 38.5 Å². The van der Waals surface area contributed by atoms with Crippen LogP contribution in [-0.2, 0) is 0 Å². The second-order valence-corrected chi connectivity index (χ2v) is 3.69. The van der Waals surface area contributed by atoms with E-state index in [4.69, 9.17) is 0 Å². The van der Waals surface area contributed by atoms with Crippen LogP contribution >= 0.6 is 0 Å². The lowest BCUT2D eigenvalue weighted by Crippen LogP contribution is -2.30. The molecule has 1 atom stereocenters. The van der Waals surface area contributed by atoms with Crippen molar-refractivity contribution in [3.63, 3.8) is 0 Å². The minimum atomic E-state index is 0.808. The monoisotopic (exact) mass is 155 g/mol. The third-order valence-electron chi connectivity index (χ3n) is 2.45. The van der Waals surface area contributed by atoms with Gasteiger partial charge in [0.1, 0.15) is 0 Å². The largest absolute Gasteiger partial charge is 0.311 e. The second-order valence-electron chi connectivity index (χ2n) is 3.69. The molecule has 0 bridgehead atoms. The van der Waals surface area contributed by atoms with Gasteiger partial charge < -0.3 is 5.32 Å². The average molecular weight is 155 g/mol. The Morgan fingerprint density at radius 2 is 2.09 bits per heavy atom. The van der Waals surface area contributed by atoms with Crippen molar-refractivity contribution < 1.29 is 0 Å². The first-order valence-electron chi connectivity index (χ1n) is 5.12. The van der Waals surface area contributed by atoms with Crippen molar-refractivity contribution in [1.29, 1.82) is 0 Å². The minimum Gasteiger partial charge on any atom is -0.311 e. The molecule has 1 nitrogen and oxygen atoms in total. The highest BCUT2D eigenvalue weighted by Gasteiger charge is 2.23. The third kappa shape index (κ3) is 3.76. The summed E-state index contributed by atoms with van der Waals surface area (Å²) < 4.78 is 0. The standard InChI is InChI=1S/C10H21N/c1-3-5-6-9(4-2)11-10-7-8-10/h9-11H,3-8H2,1-2H3. The van der Waals surface area contributed by atoms with Gasteiger partial charge in [-0.15, -0.1) is 0 Å². The van der Waals surface area contributed by atoms with Crippen LogP contribution in [0.4, 0.5) is 0 Å². The maximum atomic E-state index is 3.68. The zero-order chi connectivity index (χ0) is 8.10. The molecule has 1 aliphatic rings. The molecular formula is C10H21N. The van der Waals surface area contributed by atoms with Gasteiger partial charge >= 0.3 is 0 Å². The molecular weight excluding hydrogens is 134 g/mol. The first kappa shape index (κ1) is 9.05. The zero-order valence-electron chi connectivity index (χ0n) is 7.90. The summed E-state index contributed by atoms with van der Waals surface area (Å²) >= 11 is 0. The van der Waals surface area contributed by atoms with Gasteiger partial charge in [-0.05, 0) is 25.7 Å². The summed E-state index contributed by atoms with van der Waals surface area (Å²) in [6, 6.07) is 1.69. The number of hydrogen-bond acceptors (Lipinski definition) is 1. The van der Waals surface area contributed by atoms with Crippen LogP contribution in [0.3, 0.4) is 0 Å². The first-order valence-corrected chi connectivity index (χ1v) is 5.12. The van der Waals surface area contributed by atoms with E-state index in [-0.39, 0.29) is 0 Å². The van der Waals surface area contributed by atoms with E-state index >= 15 is 0 Å². The van der Waals surface area contributed by atoms with Gasteiger partial charge in [0.2, 0.25) is 0 Å². The van der Waals surface area contributed by atoms with E-state index in [9.17, 15) is 0 Å². The van der Waals surface area contributed by atoms with Crippen LogP contribution in [0.2, 0.25) is 0 Å². The maximum Gasteiger partial charge on any atom is 0.00708 e.